The molecule has 1 N–H and O–H groups in total. The highest BCUT2D eigenvalue weighted by atomic mass is 32.2. The number of carboxylic acid groups (broad SMARTS) is 1. The van der Waals surface area contributed by atoms with Crippen molar-refractivity contribution >= 4 is 17.7 Å². The predicted octanol–water partition coefficient (Wildman–Crippen LogP) is 1.54. The molecule has 0 aliphatic rings. The molecule has 0 bridgehead atoms. The number of nitrogens with zero attached hydrogens (tertiary/aromatic N) is 1. The topological polar surface area (TPSA) is 40.5 Å². The lowest BCUT2D eigenvalue weighted by Gasteiger charge is -2.18. The van der Waals surface area contributed by atoms with Crippen molar-refractivity contribution in [3.8, 4) is 0 Å². The van der Waals surface area contributed by atoms with E-state index < -0.39 is 5.97 Å². The zero-order chi connectivity index (χ0) is 10.1. The van der Waals surface area contributed by atoms with Gasteiger partial charge in [-0.1, -0.05) is 13.8 Å². The molecule has 0 aliphatic heterocycles. The second-order valence-electron chi connectivity index (χ2n) is 2.87. The van der Waals surface area contributed by atoms with Gasteiger partial charge in [0.1, 0.15) is 0 Å². The maximum atomic E-state index is 10.5. The molecule has 0 unspecified atom stereocenters. The van der Waals surface area contributed by atoms with Gasteiger partial charge in [0.2, 0.25) is 0 Å². The summed E-state index contributed by atoms with van der Waals surface area (Å²) in [6.45, 7) is 6.14. The third kappa shape index (κ3) is 8.12. The second kappa shape index (κ2) is 8.38. The third-order valence-corrected chi connectivity index (χ3v) is 2.53. The lowest BCUT2D eigenvalue weighted by atomic mass is 10.4. The molecule has 0 saturated carbocycles. The average Bonchev–Trinajstić information content (AvgIpc) is 2.04. The van der Waals surface area contributed by atoms with E-state index in [-0.39, 0.29) is 6.54 Å². The smallest absolute Gasteiger partial charge is 0.317 e. The van der Waals surface area contributed by atoms with Crippen molar-refractivity contribution in [3.05, 3.63) is 0 Å². The Labute approximate surface area is 84.5 Å². The first-order valence-electron chi connectivity index (χ1n) is 4.72. The number of carbonyl (C=O) groups is 1. The highest BCUT2D eigenvalue weighted by Crippen LogP contribution is 2.00. The van der Waals surface area contributed by atoms with E-state index in [0.29, 0.717) is 0 Å². The van der Waals surface area contributed by atoms with E-state index >= 15 is 0 Å². The minimum Gasteiger partial charge on any atom is -0.480 e. The molecule has 0 saturated heterocycles. The first-order chi connectivity index (χ1) is 6.20. The molecule has 0 spiro atoms. The summed E-state index contributed by atoms with van der Waals surface area (Å²) < 4.78 is 0. The fourth-order valence-electron chi connectivity index (χ4n) is 1.12. The molecule has 0 rings (SSSR count). The summed E-state index contributed by atoms with van der Waals surface area (Å²) >= 11 is 1.85. The van der Waals surface area contributed by atoms with Gasteiger partial charge < -0.3 is 5.11 Å². The van der Waals surface area contributed by atoms with E-state index in [1.54, 1.807) is 0 Å². The van der Waals surface area contributed by atoms with Gasteiger partial charge in [0.15, 0.2) is 0 Å². The van der Waals surface area contributed by atoms with Crippen LogP contribution >= 0.6 is 11.8 Å². The van der Waals surface area contributed by atoms with Crippen molar-refractivity contribution < 1.29 is 9.90 Å². The van der Waals surface area contributed by atoms with Crippen LogP contribution in [0.4, 0.5) is 0 Å². The normalized spacial score (nSPS) is 10.7. The first kappa shape index (κ1) is 12.8. The van der Waals surface area contributed by atoms with Crippen LogP contribution < -0.4 is 0 Å². The van der Waals surface area contributed by atoms with Crippen LogP contribution in [0, 0.1) is 0 Å². The number of thioether (sulfide) groups is 1. The molecular weight excluding hydrogens is 186 g/mol. The van der Waals surface area contributed by atoms with Crippen LogP contribution in [-0.2, 0) is 4.79 Å². The van der Waals surface area contributed by atoms with Gasteiger partial charge in [-0.2, -0.15) is 11.8 Å². The second-order valence-corrected chi connectivity index (χ2v) is 4.26. The Morgan fingerprint density at radius 2 is 2.08 bits per heavy atom. The molecule has 0 aliphatic carbocycles. The minimum absolute atomic E-state index is 0.179. The summed E-state index contributed by atoms with van der Waals surface area (Å²) in [6, 6.07) is 0. The van der Waals surface area contributed by atoms with Crippen LogP contribution in [0.1, 0.15) is 20.3 Å². The maximum absolute atomic E-state index is 10.5. The molecule has 0 atom stereocenters. The average molecular weight is 205 g/mol. The highest BCUT2D eigenvalue weighted by Gasteiger charge is 2.07. The van der Waals surface area contributed by atoms with E-state index in [1.807, 2.05) is 16.7 Å². The van der Waals surface area contributed by atoms with Gasteiger partial charge in [-0.3, -0.25) is 9.69 Å². The van der Waals surface area contributed by atoms with Gasteiger partial charge in [0.05, 0.1) is 6.54 Å². The fraction of sp³-hybridized carbons (Fsp3) is 0.889. The Morgan fingerprint density at radius 3 is 2.54 bits per heavy atom. The van der Waals surface area contributed by atoms with Gasteiger partial charge >= 0.3 is 5.97 Å². The SMILES string of the molecule is CCCN(CCSCC)CC(=O)O. The summed E-state index contributed by atoms with van der Waals surface area (Å²) in [5, 5.41) is 8.62. The Hall–Kier alpha value is -0.220. The van der Waals surface area contributed by atoms with Crippen LogP contribution in [0.25, 0.3) is 0 Å². The Kier molecular flexibility index (Phi) is 8.24. The molecule has 0 aromatic heterocycles. The van der Waals surface area contributed by atoms with Gasteiger partial charge in [-0.15, -0.1) is 0 Å². The van der Waals surface area contributed by atoms with Crippen molar-refractivity contribution in [3.63, 3.8) is 0 Å². The van der Waals surface area contributed by atoms with Crippen LogP contribution in [0.3, 0.4) is 0 Å². The Morgan fingerprint density at radius 1 is 1.38 bits per heavy atom. The van der Waals surface area contributed by atoms with Crippen molar-refractivity contribution in [2.45, 2.75) is 20.3 Å². The molecule has 0 fully saturated rings. The van der Waals surface area contributed by atoms with Crippen molar-refractivity contribution in [2.24, 2.45) is 0 Å². The molecule has 0 amide bonds. The minimum atomic E-state index is -0.727. The quantitative estimate of drug-likeness (QED) is 0.610. The molecule has 0 radical (unpaired) electrons. The monoisotopic (exact) mass is 205 g/mol. The third-order valence-electron chi connectivity index (χ3n) is 1.65. The lowest BCUT2D eigenvalue weighted by Crippen LogP contribution is -2.32. The number of hydrogen-bond donors (Lipinski definition) is 1. The van der Waals surface area contributed by atoms with Gasteiger partial charge in [-0.25, -0.2) is 0 Å². The summed E-state index contributed by atoms with van der Waals surface area (Å²) in [5.41, 5.74) is 0. The van der Waals surface area contributed by atoms with Gasteiger partial charge in [0, 0.05) is 12.3 Å². The summed E-state index contributed by atoms with van der Waals surface area (Å²) in [4.78, 5) is 12.5. The predicted molar refractivity (Wildman–Crippen MR) is 57.4 cm³/mol. The Balaban J connectivity index is 3.59. The molecule has 3 nitrogen and oxygen atoms in total. The van der Waals surface area contributed by atoms with E-state index in [0.717, 1.165) is 31.0 Å². The first-order valence-corrected chi connectivity index (χ1v) is 5.88. The van der Waals surface area contributed by atoms with Crippen molar-refractivity contribution in [1.29, 1.82) is 0 Å². The zero-order valence-corrected chi connectivity index (χ0v) is 9.27. The standard InChI is InChI=1S/C9H19NO2S/c1-3-5-10(8-9(11)12)6-7-13-4-2/h3-8H2,1-2H3,(H,11,12). The highest BCUT2D eigenvalue weighted by molar-refractivity contribution is 7.99. The number of rotatable bonds is 8. The molecule has 0 aromatic carbocycles. The summed E-state index contributed by atoms with van der Waals surface area (Å²) in [7, 11) is 0. The van der Waals surface area contributed by atoms with Crippen molar-refractivity contribution in [1.82, 2.24) is 4.90 Å². The van der Waals surface area contributed by atoms with E-state index in [1.165, 1.54) is 0 Å². The van der Waals surface area contributed by atoms with E-state index in [2.05, 4.69) is 13.8 Å². The molecule has 13 heavy (non-hydrogen) atoms. The number of aliphatic carboxylic acids is 1. The Bertz CT molecular complexity index is 142. The number of carboxylic acids is 1. The molecule has 0 heterocycles. The largest absolute Gasteiger partial charge is 0.480 e. The van der Waals surface area contributed by atoms with Crippen LogP contribution in [0.15, 0.2) is 0 Å². The fourth-order valence-corrected chi connectivity index (χ4v) is 1.79. The van der Waals surface area contributed by atoms with Crippen molar-refractivity contribution in [2.75, 3.05) is 31.1 Å². The number of hydrogen-bond acceptors (Lipinski definition) is 3. The molecule has 0 aromatic rings. The molecule has 4 heteroatoms. The lowest BCUT2D eigenvalue weighted by molar-refractivity contribution is -0.138. The van der Waals surface area contributed by atoms with E-state index in [4.69, 9.17) is 5.11 Å². The van der Waals surface area contributed by atoms with Gasteiger partial charge in [-0.05, 0) is 18.7 Å². The van der Waals surface area contributed by atoms with Gasteiger partial charge in [0.25, 0.3) is 0 Å². The zero-order valence-electron chi connectivity index (χ0n) is 8.45. The van der Waals surface area contributed by atoms with E-state index in [9.17, 15) is 4.79 Å². The maximum Gasteiger partial charge on any atom is 0.317 e. The summed E-state index contributed by atoms with van der Waals surface area (Å²) in [6.07, 6.45) is 1.02. The molecule has 78 valence electrons. The molecular formula is C9H19NO2S. The van der Waals surface area contributed by atoms with Crippen LogP contribution in [0.5, 0.6) is 0 Å². The van der Waals surface area contributed by atoms with Crippen LogP contribution in [0.2, 0.25) is 0 Å². The van der Waals surface area contributed by atoms with Crippen LogP contribution in [-0.4, -0.2) is 47.1 Å². The summed E-state index contributed by atoms with van der Waals surface area (Å²) in [5.74, 6) is 1.41.